The van der Waals surface area contributed by atoms with Gasteiger partial charge in [0, 0.05) is 6.54 Å². The van der Waals surface area contributed by atoms with Gasteiger partial charge >= 0.3 is 5.97 Å². The maximum Gasteiger partial charge on any atom is 0.337 e. The lowest BCUT2D eigenvalue weighted by Crippen LogP contribution is -2.29. The van der Waals surface area contributed by atoms with Gasteiger partial charge in [-0.3, -0.25) is 4.79 Å². The SMILES string of the molecule is CCCCCNC(=O)COc1ccc(C(=O)OC)cc1. The summed E-state index contributed by atoms with van der Waals surface area (Å²) in [5.41, 5.74) is 0.448. The topological polar surface area (TPSA) is 64.6 Å². The van der Waals surface area contributed by atoms with Crippen molar-refractivity contribution in [2.45, 2.75) is 26.2 Å². The van der Waals surface area contributed by atoms with Gasteiger partial charge < -0.3 is 14.8 Å². The predicted octanol–water partition coefficient (Wildman–Crippen LogP) is 2.16. The molecule has 5 nitrogen and oxygen atoms in total. The molecule has 1 rings (SSSR count). The summed E-state index contributed by atoms with van der Waals surface area (Å²) in [5, 5.41) is 2.79. The molecule has 20 heavy (non-hydrogen) atoms. The molecule has 0 aliphatic carbocycles. The quantitative estimate of drug-likeness (QED) is 0.585. The third-order valence-electron chi connectivity index (χ3n) is 2.75. The van der Waals surface area contributed by atoms with Gasteiger partial charge in [-0.05, 0) is 30.7 Å². The molecule has 0 aliphatic heterocycles. The minimum absolute atomic E-state index is 0.0241. The summed E-state index contributed by atoms with van der Waals surface area (Å²) >= 11 is 0. The largest absolute Gasteiger partial charge is 0.484 e. The molecular formula is C15H21NO4. The van der Waals surface area contributed by atoms with E-state index in [0.717, 1.165) is 19.3 Å². The minimum atomic E-state index is -0.398. The third-order valence-corrected chi connectivity index (χ3v) is 2.75. The highest BCUT2D eigenvalue weighted by Crippen LogP contribution is 2.12. The molecule has 1 amide bonds. The van der Waals surface area contributed by atoms with Crippen molar-refractivity contribution >= 4 is 11.9 Å². The number of nitrogens with one attached hydrogen (secondary N) is 1. The molecule has 0 heterocycles. The lowest BCUT2D eigenvalue weighted by Gasteiger charge is -2.07. The van der Waals surface area contributed by atoms with Crippen LogP contribution in [-0.2, 0) is 9.53 Å². The number of methoxy groups -OCH3 is 1. The molecule has 0 saturated heterocycles. The van der Waals surface area contributed by atoms with Gasteiger partial charge in [-0.2, -0.15) is 0 Å². The lowest BCUT2D eigenvalue weighted by atomic mass is 10.2. The van der Waals surface area contributed by atoms with E-state index in [4.69, 9.17) is 4.74 Å². The van der Waals surface area contributed by atoms with Crippen molar-refractivity contribution in [2.75, 3.05) is 20.3 Å². The molecule has 0 saturated carbocycles. The number of rotatable bonds is 8. The van der Waals surface area contributed by atoms with Crippen LogP contribution in [0, 0.1) is 0 Å². The first-order valence-corrected chi connectivity index (χ1v) is 6.75. The fourth-order valence-electron chi connectivity index (χ4n) is 1.61. The summed E-state index contributed by atoms with van der Waals surface area (Å²) in [6.45, 7) is 2.77. The average molecular weight is 279 g/mol. The Balaban J connectivity index is 2.31. The van der Waals surface area contributed by atoms with Gasteiger partial charge in [0.2, 0.25) is 0 Å². The maximum absolute atomic E-state index is 11.5. The van der Waals surface area contributed by atoms with Crippen molar-refractivity contribution in [3.63, 3.8) is 0 Å². The predicted molar refractivity (Wildman–Crippen MR) is 75.8 cm³/mol. The van der Waals surface area contributed by atoms with Crippen LogP contribution in [0.15, 0.2) is 24.3 Å². The molecular weight excluding hydrogens is 258 g/mol. The van der Waals surface area contributed by atoms with Crippen LogP contribution in [0.25, 0.3) is 0 Å². The molecule has 1 aromatic carbocycles. The minimum Gasteiger partial charge on any atom is -0.484 e. The Kier molecular flexibility index (Phi) is 7.17. The zero-order valence-electron chi connectivity index (χ0n) is 12.0. The molecule has 0 aromatic heterocycles. The highest BCUT2D eigenvalue weighted by molar-refractivity contribution is 5.89. The highest BCUT2D eigenvalue weighted by Gasteiger charge is 2.06. The van der Waals surface area contributed by atoms with Crippen LogP contribution in [0.1, 0.15) is 36.5 Å². The van der Waals surface area contributed by atoms with Gasteiger partial charge in [0.1, 0.15) is 5.75 Å². The molecule has 0 atom stereocenters. The molecule has 0 aliphatic rings. The van der Waals surface area contributed by atoms with Crippen LogP contribution in [0.2, 0.25) is 0 Å². The van der Waals surface area contributed by atoms with Crippen LogP contribution < -0.4 is 10.1 Å². The molecule has 0 radical (unpaired) electrons. The number of unbranched alkanes of at least 4 members (excludes halogenated alkanes) is 2. The summed E-state index contributed by atoms with van der Waals surface area (Å²) in [7, 11) is 1.33. The molecule has 0 spiro atoms. The van der Waals surface area contributed by atoms with E-state index in [2.05, 4.69) is 17.0 Å². The summed E-state index contributed by atoms with van der Waals surface area (Å²) in [6.07, 6.45) is 3.21. The second-order valence-corrected chi connectivity index (χ2v) is 4.36. The fraction of sp³-hybridized carbons (Fsp3) is 0.467. The second kappa shape index (κ2) is 8.96. The zero-order chi connectivity index (χ0) is 14.8. The van der Waals surface area contributed by atoms with Crippen LogP contribution in [0.4, 0.5) is 0 Å². The number of hydrogen-bond acceptors (Lipinski definition) is 4. The first kappa shape index (κ1) is 16.0. The smallest absolute Gasteiger partial charge is 0.337 e. The monoisotopic (exact) mass is 279 g/mol. The molecule has 0 bridgehead atoms. The average Bonchev–Trinajstić information content (AvgIpc) is 2.49. The molecule has 0 unspecified atom stereocenters. The van der Waals surface area contributed by atoms with Gasteiger partial charge in [-0.1, -0.05) is 19.8 Å². The van der Waals surface area contributed by atoms with Crippen LogP contribution >= 0.6 is 0 Å². The number of carbonyl (C=O) groups is 2. The van der Waals surface area contributed by atoms with E-state index >= 15 is 0 Å². The van der Waals surface area contributed by atoms with Crippen molar-refractivity contribution in [1.29, 1.82) is 0 Å². The van der Waals surface area contributed by atoms with E-state index in [0.29, 0.717) is 17.9 Å². The Morgan fingerprint density at radius 3 is 2.45 bits per heavy atom. The van der Waals surface area contributed by atoms with E-state index < -0.39 is 5.97 Å². The van der Waals surface area contributed by atoms with E-state index in [1.165, 1.54) is 7.11 Å². The van der Waals surface area contributed by atoms with Crippen LogP contribution in [0.3, 0.4) is 0 Å². The Hall–Kier alpha value is -2.04. The third kappa shape index (κ3) is 5.73. The van der Waals surface area contributed by atoms with E-state index in [-0.39, 0.29) is 12.5 Å². The normalized spacial score (nSPS) is 9.90. The summed E-state index contributed by atoms with van der Waals surface area (Å²) in [5.74, 6) is 0.00438. The molecule has 1 aromatic rings. The van der Waals surface area contributed by atoms with E-state index in [9.17, 15) is 9.59 Å². The van der Waals surface area contributed by atoms with Crippen molar-refractivity contribution in [3.8, 4) is 5.75 Å². The van der Waals surface area contributed by atoms with E-state index in [1.54, 1.807) is 24.3 Å². The van der Waals surface area contributed by atoms with Gasteiger partial charge in [-0.15, -0.1) is 0 Å². The molecule has 110 valence electrons. The highest BCUT2D eigenvalue weighted by atomic mass is 16.5. The van der Waals surface area contributed by atoms with Gasteiger partial charge in [0.05, 0.1) is 12.7 Å². The summed E-state index contributed by atoms with van der Waals surface area (Å²) < 4.78 is 9.92. The van der Waals surface area contributed by atoms with Crippen molar-refractivity contribution in [1.82, 2.24) is 5.32 Å². The Labute approximate surface area is 119 Å². The maximum atomic E-state index is 11.5. The van der Waals surface area contributed by atoms with E-state index in [1.807, 2.05) is 0 Å². The Morgan fingerprint density at radius 2 is 1.85 bits per heavy atom. The first-order chi connectivity index (χ1) is 9.67. The lowest BCUT2D eigenvalue weighted by molar-refractivity contribution is -0.123. The first-order valence-electron chi connectivity index (χ1n) is 6.75. The number of carbonyl (C=O) groups excluding carboxylic acids is 2. The number of esters is 1. The number of benzene rings is 1. The Morgan fingerprint density at radius 1 is 1.15 bits per heavy atom. The Bertz CT molecular complexity index is 428. The van der Waals surface area contributed by atoms with Gasteiger partial charge in [0.25, 0.3) is 5.91 Å². The number of amides is 1. The van der Waals surface area contributed by atoms with Crippen molar-refractivity contribution < 1.29 is 19.1 Å². The van der Waals surface area contributed by atoms with Crippen molar-refractivity contribution in [3.05, 3.63) is 29.8 Å². The summed E-state index contributed by atoms with van der Waals surface area (Å²) in [4.78, 5) is 22.7. The molecule has 5 heteroatoms. The molecule has 0 fully saturated rings. The van der Waals surface area contributed by atoms with Gasteiger partial charge in [0.15, 0.2) is 6.61 Å². The number of ether oxygens (including phenoxy) is 2. The van der Waals surface area contributed by atoms with Crippen LogP contribution in [0.5, 0.6) is 5.75 Å². The second-order valence-electron chi connectivity index (χ2n) is 4.36. The van der Waals surface area contributed by atoms with Crippen LogP contribution in [-0.4, -0.2) is 32.1 Å². The van der Waals surface area contributed by atoms with Gasteiger partial charge in [-0.25, -0.2) is 4.79 Å². The van der Waals surface area contributed by atoms with Crippen molar-refractivity contribution in [2.24, 2.45) is 0 Å². The fourth-order valence-corrected chi connectivity index (χ4v) is 1.61. The summed E-state index contributed by atoms with van der Waals surface area (Å²) in [6, 6.07) is 6.47. The standard InChI is InChI=1S/C15H21NO4/c1-3-4-5-10-16-14(17)11-20-13-8-6-12(7-9-13)15(18)19-2/h6-9H,3-5,10-11H2,1-2H3,(H,16,17). The zero-order valence-corrected chi connectivity index (χ0v) is 12.0. The molecule has 1 N–H and O–H groups in total. The number of hydrogen-bond donors (Lipinski definition) is 1.